The number of rotatable bonds is 3. The van der Waals surface area contributed by atoms with E-state index in [0.29, 0.717) is 49.1 Å². The number of amides is 1. The summed E-state index contributed by atoms with van der Waals surface area (Å²) in [7, 11) is 0. The lowest BCUT2D eigenvalue weighted by molar-refractivity contribution is 0.0687. The monoisotopic (exact) mass is 371 g/mol. The summed E-state index contributed by atoms with van der Waals surface area (Å²) in [5, 5.41) is 13.4. The maximum absolute atomic E-state index is 12.8. The molecule has 27 heavy (non-hydrogen) atoms. The first kappa shape index (κ1) is 17.4. The van der Waals surface area contributed by atoms with Crippen molar-refractivity contribution in [2.75, 3.05) is 26.3 Å². The van der Waals surface area contributed by atoms with E-state index < -0.39 is 5.97 Å². The minimum atomic E-state index is -0.968. The number of aromatic nitrogens is 2. The lowest BCUT2D eigenvalue weighted by atomic mass is 10.0. The van der Waals surface area contributed by atoms with Crippen LogP contribution in [0.5, 0.6) is 11.5 Å². The first-order chi connectivity index (χ1) is 13.0. The first-order valence-electron chi connectivity index (χ1n) is 9.01. The van der Waals surface area contributed by atoms with Crippen molar-refractivity contribution in [1.29, 1.82) is 0 Å². The fraction of sp³-hybridized carbons (Fsp3) is 0.421. The van der Waals surface area contributed by atoms with Gasteiger partial charge in [-0.2, -0.15) is 5.10 Å². The molecule has 1 N–H and O–H groups in total. The third-order valence-corrected chi connectivity index (χ3v) is 5.16. The van der Waals surface area contributed by atoms with Crippen LogP contribution in [0.4, 0.5) is 0 Å². The third-order valence-electron chi connectivity index (χ3n) is 5.16. The SMILES string of the molecule is Cc1c(C(=O)O)cnn1C1CCN(C(=O)c2ccc3c(c2)OCCO3)CC1. The molecule has 1 fully saturated rings. The number of carboxylic acids is 1. The van der Waals surface area contributed by atoms with E-state index >= 15 is 0 Å². The molecule has 8 heteroatoms. The highest BCUT2D eigenvalue weighted by molar-refractivity contribution is 5.95. The van der Waals surface area contributed by atoms with Crippen LogP contribution in [-0.4, -0.2) is 58.0 Å². The number of likely N-dealkylation sites (tertiary alicyclic amines) is 1. The first-order valence-corrected chi connectivity index (χ1v) is 9.01. The molecule has 0 bridgehead atoms. The number of carbonyl (C=O) groups excluding carboxylic acids is 1. The molecule has 1 saturated heterocycles. The van der Waals surface area contributed by atoms with E-state index in [1.54, 1.807) is 29.8 Å². The van der Waals surface area contributed by atoms with Gasteiger partial charge in [-0.1, -0.05) is 0 Å². The Bertz CT molecular complexity index is 883. The van der Waals surface area contributed by atoms with Crippen LogP contribution in [0.2, 0.25) is 0 Å². The smallest absolute Gasteiger partial charge is 0.339 e. The maximum Gasteiger partial charge on any atom is 0.339 e. The van der Waals surface area contributed by atoms with E-state index in [9.17, 15) is 14.7 Å². The fourth-order valence-electron chi connectivity index (χ4n) is 3.67. The number of piperidine rings is 1. The van der Waals surface area contributed by atoms with E-state index in [1.807, 2.05) is 4.90 Å². The van der Waals surface area contributed by atoms with E-state index in [-0.39, 0.29) is 17.5 Å². The molecule has 0 unspecified atom stereocenters. The Morgan fingerprint density at radius 2 is 1.85 bits per heavy atom. The molecule has 2 aromatic rings. The van der Waals surface area contributed by atoms with Crippen LogP contribution >= 0.6 is 0 Å². The summed E-state index contributed by atoms with van der Waals surface area (Å²) in [6.07, 6.45) is 2.86. The van der Waals surface area contributed by atoms with Gasteiger partial charge in [-0.05, 0) is 38.0 Å². The standard InChI is InChI=1S/C19H21N3O5/c1-12-15(19(24)25)11-20-22(12)14-4-6-21(7-5-14)18(23)13-2-3-16-17(10-13)27-9-8-26-16/h2-3,10-11,14H,4-9H2,1H3,(H,24,25). The number of hydrogen-bond donors (Lipinski definition) is 1. The highest BCUT2D eigenvalue weighted by atomic mass is 16.6. The van der Waals surface area contributed by atoms with Crippen molar-refractivity contribution in [3.63, 3.8) is 0 Å². The minimum Gasteiger partial charge on any atom is -0.486 e. The molecule has 2 aliphatic heterocycles. The van der Waals surface area contributed by atoms with Crippen molar-refractivity contribution >= 4 is 11.9 Å². The van der Waals surface area contributed by atoms with Gasteiger partial charge in [-0.3, -0.25) is 9.48 Å². The number of nitrogens with zero attached hydrogens (tertiary/aromatic N) is 3. The lowest BCUT2D eigenvalue weighted by Gasteiger charge is -2.33. The van der Waals surface area contributed by atoms with Crippen molar-refractivity contribution in [3.05, 3.63) is 41.2 Å². The summed E-state index contributed by atoms with van der Waals surface area (Å²) >= 11 is 0. The average Bonchev–Trinajstić information content (AvgIpc) is 3.09. The van der Waals surface area contributed by atoms with Crippen LogP contribution < -0.4 is 9.47 Å². The van der Waals surface area contributed by atoms with E-state index in [1.165, 1.54) is 6.20 Å². The summed E-state index contributed by atoms with van der Waals surface area (Å²) in [5.41, 5.74) is 1.46. The fourth-order valence-corrected chi connectivity index (χ4v) is 3.67. The molecule has 142 valence electrons. The largest absolute Gasteiger partial charge is 0.486 e. The maximum atomic E-state index is 12.8. The number of carbonyl (C=O) groups is 2. The number of fused-ring (bicyclic) bond motifs is 1. The van der Waals surface area contributed by atoms with Crippen molar-refractivity contribution in [2.45, 2.75) is 25.8 Å². The predicted molar refractivity (Wildman–Crippen MR) is 95.5 cm³/mol. The van der Waals surface area contributed by atoms with Gasteiger partial charge in [-0.15, -0.1) is 0 Å². The van der Waals surface area contributed by atoms with Crippen molar-refractivity contribution in [2.24, 2.45) is 0 Å². The van der Waals surface area contributed by atoms with Gasteiger partial charge < -0.3 is 19.5 Å². The summed E-state index contributed by atoms with van der Waals surface area (Å²) < 4.78 is 12.8. The average molecular weight is 371 g/mol. The molecular weight excluding hydrogens is 350 g/mol. The van der Waals surface area contributed by atoms with E-state index in [0.717, 1.165) is 12.8 Å². The molecule has 1 aromatic heterocycles. The molecule has 0 saturated carbocycles. The number of aromatic carboxylic acids is 1. The Morgan fingerprint density at radius 3 is 2.52 bits per heavy atom. The molecule has 0 atom stereocenters. The molecule has 1 amide bonds. The molecule has 8 nitrogen and oxygen atoms in total. The number of hydrogen-bond acceptors (Lipinski definition) is 5. The molecule has 0 radical (unpaired) electrons. The lowest BCUT2D eigenvalue weighted by Crippen LogP contribution is -2.39. The van der Waals surface area contributed by atoms with Crippen molar-refractivity contribution < 1.29 is 24.2 Å². The summed E-state index contributed by atoms with van der Waals surface area (Å²) in [6.45, 7) is 3.96. The van der Waals surface area contributed by atoms with Gasteiger partial charge in [0, 0.05) is 18.7 Å². The Kier molecular flexibility index (Phi) is 4.47. The normalized spacial score (nSPS) is 17.0. The summed E-state index contributed by atoms with van der Waals surface area (Å²) in [5.74, 6) is 0.272. The Balaban J connectivity index is 1.43. The zero-order valence-electron chi connectivity index (χ0n) is 15.1. The molecule has 0 aliphatic carbocycles. The Morgan fingerprint density at radius 1 is 1.15 bits per heavy atom. The minimum absolute atomic E-state index is 0.0335. The third kappa shape index (κ3) is 3.22. The molecule has 4 rings (SSSR count). The highest BCUT2D eigenvalue weighted by Gasteiger charge is 2.27. The van der Waals surface area contributed by atoms with Crippen LogP contribution in [0.15, 0.2) is 24.4 Å². The van der Waals surface area contributed by atoms with Crippen molar-refractivity contribution in [1.82, 2.24) is 14.7 Å². The topological polar surface area (TPSA) is 93.9 Å². The van der Waals surface area contributed by atoms with Gasteiger partial charge in [0.1, 0.15) is 18.8 Å². The van der Waals surface area contributed by atoms with Crippen LogP contribution in [0.25, 0.3) is 0 Å². The second kappa shape index (κ2) is 6.94. The zero-order chi connectivity index (χ0) is 19.0. The van der Waals surface area contributed by atoms with Gasteiger partial charge in [0.25, 0.3) is 5.91 Å². The number of ether oxygens (including phenoxy) is 2. The molecule has 3 heterocycles. The van der Waals surface area contributed by atoms with Gasteiger partial charge >= 0.3 is 5.97 Å². The van der Waals surface area contributed by atoms with Crippen LogP contribution in [0, 0.1) is 6.92 Å². The second-order valence-electron chi connectivity index (χ2n) is 6.78. The second-order valence-corrected chi connectivity index (χ2v) is 6.78. The molecule has 1 aromatic carbocycles. The predicted octanol–water partition coefficient (Wildman–Crippen LogP) is 2.14. The van der Waals surface area contributed by atoms with Crippen LogP contribution in [0.3, 0.4) is 0 Å². The molecule has 0 spiro atoms. The van der Waals surface area contributed by atoms with Crippen LogP contribution in [0.1, 0.15) is 45.3 Å². The summed E-state index contributed by atoms with van der Waals surface area (Å²) in [4.78, 5) is 25.8. The van der Waals surface area contributed by atoms with Gasteiger partial charge in [0.15, 0.2) is 11.5 Å². The molecular formula is C19H21N3O5. The van der Waals surface area contributed by atoms with Gasteiger partial charge in [0.2, 0.25) is 0 Å². The number of carboxylic acid groups (broad SMARTS) is 1. The Labute approximate surface area is 156 Å². The quantitative estimate of drug-likeness (QED) is 0.888. The molecule has 2 aliphatic rings. The van der Waals surface area contributed by atoms with Crippen molar-refractivity contribution in [3.8, 4) is 11.5 Å². The van der Waals surface area contributed by atoms with E-state index in [2.05, 4.69) is 5.10 Å². The van der Waals surface area contributed by atoms with E-state index in [4.69, 9.17) is 9.47 Å². The number of benzene rings is 1. The van der Waals surface area contributed by atoms with Crippen LogP contribution in [-0.2, 0) is 0 Å². The van der Waals surface area contributed by atoms with Gasteiger partial charge in [0.05, 0.1) is 17.9 Å². The zero-order valence-corrected chi connectivity index (χ0v) is 15.1. The highest BCUT2D eigenvalue weighted by Crippen LogP contribution is 2.32. The Hall–Kier alpha value is -3.03. The van der Waals surface area contributed by atoms with Gasteiger partial charge in [-0.25, -0.2) is 4.79 Å². The summed E-state index contributed by atoms with van der Waals surface area (Å²) in [6, 6.07) is 5.37.